The molecule has 1 aliphatic carbocycles. The second kappa shape index (κ2) is 11.0. The first kappa shape index (κ1) is 24.8. The van der Waals surface area contributed by atoms with Crippen LogP contribution in [0.1, 0.15) is 24.1 Å². The summed E-state index contributed by atoms with van der Waals surface area (Å²) in [4.78, 5) is 22.8. The number of carbonyl (C=O) groups excluding carboxylic acids is 1. The van der Waals surface area contributed by atoms with Gasteiger partial charge in [0.15, 0.2) is 0 Å². The molecule has 0 aliphatic heterocycles. The Labute approximate surface area is 224 Å². The molecule has 0 spiro atoms. The predicted molar refractivity (Wildman–Crippen MR) is 151 cm³/mol. The molecule has 36 heavy (non-hydrogen) atoms. The molecule has 0 radical (unpaired) electrons. The summed E-state index contributed by atoms with van der Waals surface area (Å²) in [6.07, 6.45) is 8.15. The molecule has 1 fully saturated rings. The van der Waals surface area contributed by atoms with Crippen molar-refractivity contribution in [1.82, 2.24) is 24.8 Å². The summed E-state index contributed by atoms with van der Waals surface area (Å²) >= 11 is 2.29. The number of pyridine rings is 2. The van der Waals surface area contributed by atoms with Crippen molar-refractivity contribution < 1.29 is 9.53 Å². The molecule has 3 heterocycles. The van der Waals surface area contributed by atoms with Gasteiger partial charge in [0.2, 0.25) is 11.8 Å². The van der Waals surface area contributed by atoms with Gasteiger partial charge in [0, 0.05) is 24.2 Å². The van der Waals surface area contributed by atoms with Crippen LogP contribution in [-0.4, -0.2) is 38.6 Å². The van der Waals surface area contributed by atoms with E-state index < -0.39 is 6.04 Å². The molecule has 3 aromatic heterocycles. The van der Waals surface area contributed by atoms with Crippen LogP contribution in [0.5, 0.6) is 5.88 Å². The molecule has 184 valence electrons. The average molecular weight is 612 g/mol. The van der Waals surface area contributed by atoms with Crippen LogP contribution in [-0.2, 0) is 16.8 Å². The molecule has 1 amide bonds. The molecule has 0 saturated heterocycles. The summed E-state index contributed by atoms with van der Waals surface area (Å²) in [6.45, 7) is 0. The summed E-state index contributed by atoms with van der Waals surface area (Å²) in [7, 11) is 1.55. The molecule has 1 saturated carbocycles. The minimum Gasteiger partial charge on any atom is -0.480 e. The first-order valence-corrected chi connectivity index (χ1v) is 15.7. The van der Waals surface area contributed by atoms with E-state index >= 15 is 0 Å². The lowest BCUT2D eigenvalue weighted by Crippen LogP contribution is -2.47. The standard InChI is InChI=1S/C26H26IN6O2P/c1-35-25-21(16-19(17-29-25)22-10-14-30-33(22)36-27)31-24(34)20(15-18-7-3-2-4-8-18)32-26(11-12-26)23-9-5-6-13-28-23/h2-10,13-14,16-17,20,32,36H,11-12,15H2,1H3,(H,31,34). The number of hydrogen-bond acceptors (Lipinski definition) is 6. The Morgan fingerprint density at radius 2 is 1.94 bits per heavy atom. The Hall–Kier alpha value is -2.88. The molecule has 1 aromatic carbocycles. The SMILES string of the molecule is COc1ncc(-c2ccnn2PI)cc1NC(=O)C(Cc1ccccc1)NC1(c2ccccn2)CC1. The predicted octanol–water partition coefficient (Wildman–Crippen LogP) is 4.97. The van der Waals surface area contributed by atoms with Crippen LogP contribution < -0.4 is 15.4 Å². The van der Waals surface area contributed by atoms with Gasteiger partial charge in [-0.1, -0.05) is 36.4 Å². The minimum absolute atomic E-state index is 0.150. The van der Waals surface area contributed by atoms with E-state index in [1.165, 1.54) is 0 Å². The number of amides is 1. The maximum Gasteiger partial charge on any atom is 0.242 e. The molecule has 10 heteroatoms. The lowest BCUT2D eigenvalue weighted by atomic mass is 10.0. The first-order valence-electron chi connectivity index (χ1n) is 11.6. The van der Waals surface area contributed by atoms with Gasteiger partial charge >= 0.3 is 0 Å². The largest absolute Gasteiger partial charge is 0.480 e. The summed E-state index contributed by atoms with van der Waals surface area (Å²) in [5.41, 5.74) is 4.05. The van der Waals surface area contributed by atoms with E-state index in [2.05, 4.69) is 47.7 Å². The molecular formula is C26H26IN6O2P. The van der Waals surface area contributed by atoms with Crippen LogP contribution in [0.4, 0.5) is 5.69 Å². The maximum atomic E-state index is 13.7. The van der Waals surface area contributed by atoms with Gasteiger partial charge in [0.1, 0.15) is 5.69 Å². The zero-order chi connectivity index (χ0) is 25.0. The number of rotatable bonds is 10. The number of nitrogens with zero attached hydrogens (tertiary/aromatic N) is 4. The van der Waals surface area contributed by atoms with Gasteiger partial charge in [0.05, 0.1) is 36.5 Å². The molecule has 0 bridgehead atoms. The monoisotopic (exact) mass is 612 g/mol. The van der Waals surface area contributed by atoms with Gasteiger partial charge < -0.3 is 10.1 Å². The van der Waals surface area contributed by atoms with Gasteiger partial charge in [-0.2, -0.15) is 5.10 Å². The number of ether oxygens (including phenoxy) is 1. The van der Waals surface area contributed by atoms with Crippen LogP contribution in [0.25, 0.3) is 11.3 Å². The molecule has 2 atom stereocenters. The third-order valence-corrected chi connectivity index (χ3v) is 8.16. The highest BCUT2D eigenvalue weighted by Gasteiger charge is 2.47. The highest BCUT2D eigenvalue weighted by molar-refractivity contribution is 14.2. The Morgan fingerprint density at radius 1 is 1.14 bits per heavy atom. The van der Waals surface area contributed by atoms with Crippen molar-refractivity contribution in [2.75, 3.05) is 12.4 Å². The summed E-state index contributed by atoms with van der Waals surface area (Å²) in [5, 5.41) is 11.1. The lowest BCUT2D eigenvalue weighted by Gasteiger charge is -2.25. The van der Waals surface area contributed by atoms with Crippen LogP contribution in [0.3, 0.4) is 0 Å². The Balaban J connectivity index is 1.43. The van der Waals surface area contributed by atoms with Crippen molar-refractivity contribution in [2.24, 2.45) is 0 Å². The van der Waals surface area contributed by atoms with Crippen LogP contribution in [0.2, 0.25) is 0 Å². The zero-order valence-corrected chi connectivity index (χ0v) is 22.8. The van der Waals surface area contributed by atoms with Crippen LogP contribution in [0.15, 0.2) is 79.3 Å². The average Bonchev–Trinajstić information content (AvgIpc) is 3.55. The topological polar surface area (TPSA) is 94.0 Å². The van der Waals surface area contributed by atoms with Gasteiger partial charge in [0.25, 0.3) is 0 Å². The Morgan fingerprint density at radius 3 is 2.64 bits per heavy atom. The van der Waals surface area contributed by atoms with Gasteiger partial charge in [-0.25, -0.2) is 9.44 Å². The fourth-order valence-corrected chi connectivity index (χ4v) is 5.85. The van der Waals surface area contributed by atoms with E-state index in [9.17, 15) is 4.79 Å². The van der Waals surface area contributed by atoms with E-state index in [4.69, 9.17) is 4.74 Å². The Bertz CT molecular complexity index is 1330. The number of carbonyl (C=O) groups is 1. The molecule has 5 rings (SSSR count). The summed E-state index contributed by atoms with van der Waals surface area (Å²) in [5.74, 6) is 0.210. The van der Waals surface area contributed by atoms with Gasteiger partial charge in [-0.05, 0) is 71.1 Å². The number of hydrogen-bond donors (Lipinski definition) is 2. The second-order valence-electron chi connectivity index (χ2n) is 8.67. The molecular weight excluding hydrogens is 586 g/mol. The fourth-order valence-electron chi connectivity index (χ4n) is 4.29. The number of halogens is 1. The minimum atomic E-state index is -0.480. The fraction of sp³-hybridized carbons (Fsp3) is 0.231. The Kier molecular flexibility index (Phi) is 7.59. The molecule has 4 aromatic rings. The van der Waals surface area contributed by atoms with E-state index in [-0.39, 0.29) is 11.4 Å². The third kappa shape index (κ3) is 5.43. The van der Waals surface area contributed by atoms with Crippen LogP contribution in [0, 0.1) is 0 Å². The molecule has 2 N–H and O–H groups in total. The summed E-state index contributed by atoms with van der Waals surface area (Å²) in [6, 6.07) is 19.3. The van der Waals surface area contributed by atoms with Crippen molar-refractivity contribution in [3.63, 3.8) is 0 Å². The van der Waals surface area contributed by atoms with E-state index in [0.29, 0.717) is 24.4 Å². The second-order valence-corrected chi connectivity index (χ2v) is 10.7. The number of benzene rings is 1. The first-order chi connectivity index (χ1) is 17.6. The van der Waals surface area contributed by atoms with Crippen molar-refractivity contribution in [3.05, 3.63) is 90.5 Å². The zero-order valence-electron chi connectivity index (χ0n) is 19.7. The van der Waals surface area contributed by atoms with Crippen molar-refractivity contribution in [2.45, 2.75) is 30.8 Å². The molecule has 2 unspecified atom stereocenters. The van der Waals surface area contributed by atoms with Gasteiger partial charge in [-0.3, -0.25) is 15.1 Å². The van der Waals surface area contributed by atoms with Gasteiger partial charge in [-0.15, -0.1) is 0 Å². The number of methoxy groups -OCH3 is 1. The molecule has 8 nitrogen and oxygen atoms in total. The summed E-state index contributed by atoms with van der Waals surface area (Å²) < 4.78 is 7.38. The van der Waals surface area contributed by atoms with Crippen LogP contribution >= 0.6 is 28.4 Å². The van der Waals surface area contributed by atoms with E-state index in [1.807, 2.05) is 65.1 Å². The normalized spacial score (nSPS) is 15.1. The van der Waals surface area contributed by atoms with Crippen molar-refractivity contribution >= 4 is 40.0 Å². The number of nitrogens with one attached hydrogen (secondary N) is 2. The van der Waals surface area contributed by atoms with E-state index in [0.717, 1.165) is 35.4 Å². The number of aromatic nitrogens is 4. The smallest absolute Gasteiger partial charge is 0.242 e. The van der Waals surface area contributed by atoms with Crippen molar-refractivity contribution in [1.29, 1.82) is 0 Å². The number of anilines is 1. The van der Waals surface area contributed by atoms with E-state index in [1.54, 1.807) is 25.7 Å². The maximum absolute atomic E-state index is 13.7. The molecule has 1 aliphatic rings. The third-order valence-electron chi connectivity index (χ3n) is 6.28. The highest BCUT2D eigenvalue weighted by atomic mass is 127. The lowest BCUT2D eigenvalue weighted by molar-refractivity contribution is -0.118. The quantitative estimate of drug-likeness (QED) is 0.194. The van der Waals surface area contributed by atoms with Crippen molar-refractivity contribution in [3.8, 4) is 17.1 Å². The highest BCUT2D eigenvalue weighted by Crippen LogP contribution is 2.45.